The van der Waals surface area contributed by atoms with Crippen molar-refractivity contribution in [3.63, 3.8) is 0 Å². The summed E-state index contributed by atoms with van der Waals surface area (Å²) >= 11 is 0. The van der Waals surface area contributed by atoms with Gasteiger partial charge in [-0.25, -0.2) is 4.98 Å². The van der Waals surface area contributed by atoms with Crippen molar-refractivity contribution < 1.29 is 0 Å². The van der Waals surface area contributed by atoms with Gasteiger partial charge in [0.15, 0.2) is 0 Å². The third kappa shape index (κ3) is 1.84. The zero-order valence-electron chi connectivity index (χ0n) is 10.6. The van der Waals surface area contributed by atoms with Crippen LogP contribution in [0.2, 0.25) is 0 Å². The number of piperazine rings is 1. The van der Waals surface area contributed by atoms with Crippen LogP contribution in [0.5, 0.6) is 0 Å². The number of pyridine rings is 1. The molecule has 0 saturated carbocycles. The van der Waals surface area contributed by atoms with Crippen LogP contribution in [0.4, 0.5) is 5.82 Å². The minimum atomic E-state index is 0.505. The largest absolute Gasteiger partial charge is 0.347 e. The Bertz CT molecular complexity index is 453. The molecule has 0 aromatic carbocycles. The lowest BCUT2D eigenvalue weighted by Crippen LogP contribution is -2.52. The fraction of sp³-hybridized carbons (Fsp3) is 0.500. The lowest BCUT2D eigenvalue weighted by molar-refractivity contribution is 0.281. The third-order valence-electron chi connectivity index (χ3n) is 3.89. The van der Waals surface area contributed by atoms with Crippen molar-refractivity contribution in [3.05, 3.63) is 35.5 Å². The summed E-state index contributed by atoms with van der Waals surface area (Å²) in [4.78, 5) is 9.49. The molecule has 1 fully saturated rings. The van der Waals surface area contributed by atoms with E-state index in [1.54, 1.807) is 0 Å². The van der Waals surface area contributed by atoms with Gasteiger partial charge in [-0.15, -0.1) is 0 Å². The fourth-order valence-corrected chi connectivity index (χ4v) is 2.82. The van der Waals surface area contributed by atoms with Gasteiger partial charge in [0.1, 0.15) is 5.82 Å². The molecule has 0 bridgehead atoms. The van der Waals surface area contributed by atoms with Gasteiger partial charge < -0.3 is 9.80 Å². The number of likely N-dealkylation sites (N-methyl/N-ethyl adjacent to an activating group) is 1. The first-order chi connectivity index (χ1) is 8.25. The van der Waals surface area contributed by atoms with Crippen LogP contribution in [0.15, 0.2) is 30.0 Å². The van der Waals surface area contributed by atoms with Crippen molar-refractivity contribution in [3.8, 4) is 0 Å². The molecule has 1 atom stereocenters. The first kappa shape index (κ1) is 10.8. The van der Waals surface area contributed by atoms with E-state index in [1.165, 1.54) is 17.0 Å². The van der Waals surface area contributed by atoms with E-state index in [1.807, 2.05) is 12.3 Å². The minimum Gasteiger partial charge on any atom is -0.347 e. The lowest BCUT2D eigenvalue weighted by Gasteiger charge is -2.41. The molecule has 0 aliphatic carbocycles. The number of rotatable bonds is 0. The van der Waals surface area contributed by atoms with E-state index in [9.17, 15) is 0 Å². The van der Waals surface area contributed by atoms with Gasteiger partial charge in [0.25, 0.3) is 0 Å². The molecule has 0 amide bonds. The smallest absolute Gasteiger partial charge is 0.132 e. The van der Waals surface area contributed by atoms with E-state index in [-0.39, 0.29) is 0 Å². The van der Waals surface area contributed by atoms with Gasteiger partial charge in [-0.2, -0.15) is 0 Å². The van der Waals surface area contributed by atoms with Gasteiger partial charge in [0.05, 0.1) is 6.04 Å². The zero-order valence-corrected chi connectivity index (χ0v) is 10.6. The van der Waals surface area contributed by atoms with Gasteiger partial charge in [-0.3, -0.25) is 0 Å². The Morgan fingerprint density at radius 2 is 2.24 bits per heavy atom. The minimum absolute atomic E-state index is 0.505. The Morgan fingerprint density at radius 1 is 1.35 bits per heavy atom. The Balaban J connectivity index is 2.04. The summed E-state index contributed by atoms with van der Waals surface area (Å²) in [7, 11) is 2.20. The number of allylic oxidation sites excluding steroid dienone is 1. The molecule has 1 aromatic rings. The van der Waals surface area contributed by atoms with Crippen LogP contribution < -0.4 is 4.90 Å². The van der Waals surface area contributed by atoms with Crippen molar-refractivity contribution in [2.24, 2.45) is 0 Å². The van der Waals surface area contributed by atoms with Crippen molar-refractivity contribution in [1.82, 2.24) is 9.88 Å². The molecule has 3 heterocycles. The molecule has 3 nitrogen and oxygen atoms in total. The predicted molar refractivity (Wildman–Crippen MR) is 70.3 cm³/mol. The monoisotopic (exact) mass is 229 g/mol. The van der Waals surface area contributed by atoms with Crippen LogP contribution in [0.1, 0.15) is 12.5 Å². The van der Waals surface area contributed by atoms with E-state index in [0.717, 1.165) is 26.1 Å². The number of anilines is 1. The Kier molecular flexibility index (Phi) is 2.63. The molecule has 2 aliphatic heterocycles. The van der Waals surface area contributed by atoms with Crippen LogP contribution in [-0.2, 0) is 6.42 Å². The van der Waals surface area contributed by atoms with E-state index in [0.29, 0.717) is 6.04 Å². The Hall–Kier alpha value is -1.35. The summed E-state index contributed by atoms with van der Waals surface area (Å²) in [6.45, 7) is 5.57. The highest BCUT2D eigenvalue weighted by Crippen LogP contribution is 2.29. The summed E-state index contributed by atoms with van der Waals surface area (Å²) < 4.78 is 0. The normalized spacial score (nSPS) is 24.7. The molecule has 2 aliphatic rings. The van der Waals surface area contributed by atoms with E-state index in [2.05, 4.69) is 40.9 Å². The van der Waals surface area contributed by atoms with E-state index in [4.69, 9.17) is 0 Å². The maximum Gasteiger partial charge on any atom is 0.132 e. The molecule has 0 spiro atoms. The van der Waals surface area contributed by atoms with Gasteiger partial charge in [-0.05, 0) is 32.0 Å². The standard InChI is InChI=1S/C14H19N3/c1-11-5-6-12-4-3-7-15-14(12)17-9-8-16(2)10-13(11)17/h3-5,7,13H,6,8-10H2,1-2H3. The maximum atomic E-state index is 4.60. The maximum absolute atomic E-state index is 4.60. The second kappa shape index (κ2) is 4.15. The van der Waals surface area contributed by atoms with Gasteiger partial charge in [0, 0.05) is 25.8 Å². The summed E-state index contributed by atoms with van der Waals surface area (Å²) in [6.07, 6.45) is 5.30. The highest BCUT2D eigenvalue weighted by molar-refractivity contribution is 5.53. The molecule has 0 radical (unpaired) electrons. The number of fused-ring (bicyclic) bond motifs is 3. The van der Waals surface area contributed by atoms with E-state index >= 15 is 0 Å². The molecular formula is C14H19N3. The van der Waals surface area contributed by atoms with Gasteiger partial charge >= 0.3 is 0 Å². The topological polar surface area (TPSA) is 19.4 Å². The SMILES string of the molecule is CC1=CCc2cccnc2N2CCN(C)CC12. The fourth-order valence-electron chi connectivity index (χ4n) is 2.82. The number of nitrogens with zero attached hydrogens (tertiary/aromatic N) is 3. The molecular weight excluding hydrogens is 210 g/mol. The second-order valence-corrected chi connectivity index (χ2v) is 5.11. The Labute approximate surface area is 103 Å². The summed E-state index contributed by atoms with van der Waals surface area (Å²) in [6, 6.07) is 4.75. The Morgan fingerprint density at radius 3 is 3.12 bits per heavy atom. The first-order valence-electron chi connectivity index (χ1n) is 6.31. The number of aromatic nitrogens is 1. The molecule has 3 rings (SSSR count). The summed E-state index contributed by atoms with van der Waals surface area (Å²) in [5.74, 6) is 1.19. The van der Waals surface area contributed by atoms with Gasteiger partial charge in [-0.1, -0.05) is 17.7 Å². The van der Waals surface area contributed by atoms with Gasteiger partial charge in [0.2, 0.25) is 0 Å². The highest BCUT2D eigenvalue weighted by Gasteiger charge is 2.30. The molecule has 3 heteroatoms. The average Bonchev–Trinajstić information content (AvgIpc) is 2.48. The average molecular weight is 229 g/mol. The van der Waals surface area contributed by atoms with Crippen molar-refractivity contribution in [1.29, 1.82) is 0 Å². The molecule has 1 saturated heterocycles. The summed E-state index contributed by atoms with van der Waals surface area (Å²) in [5.41, 5.74) is 2.84. The zero-order chi connectivity index (χ0) is 11.8. The first-order valence-corrected chi connectivity index (χ1v) is 6.31. The second-order valence-electron chi connectivity index (χ2n) is 5.11. The lowest BCUT2D eigenvalue weighted by atomic mass is 10.0. The van der Waals surface area contributed by atoms with Crippen molar-refractivity contribution in [2.75, 3.05) is 31.6 Å². The molecule has 1 unspecified atom stereocenters. The van der Waals surface area contributed by atoms with Crippen molar-refractivity contribution in [2.45, 2.75) is 19.4 Å². The van der Waals surface area contributed by atoms with Crippen LogP contribution in [-0.4, -0.2) is 42.6 Å². The van der Waals surface area contributed by atoms with E-state index < -0.39 is 0 Å². The molecule has 90 valence electrons. The molecule has 1 aromatic heterocycles. The number of hydrogen-bond acceptors (Lipinski definition) is 3. The van der Waals surface area contributed by atoms with Crippen LogP contribution >= 0.6 is 0 Å². The molecule has 0 N–H and O–H groups in total. The number of hydrogen-bond donors (Lipinski definition) is 0. The molecule has 17 heavy (non-hydrogen) atoms. The van der Waals surface area contributed by atoms with Crippen LogP contribution in [0.3, 0.4) is 0 Å². The van der Waals surface area contributed by atoms with Crippen LogP contribution in [0.25, 0.3) is 0 Å². The van der Waals surface area contributed by atoms with Crippen LogP contribution in [0, 0.1) is 0 Å². The quantitative estimate of drug-likeness (QED) is 0.631. The predicted octanol–water partition coefficient (Wildman–Crippen LogP) is 1.70. The summed E-state index contributed by atoms with van der Waals surface area (Å²) in [5, 5.41) is 0. The highest BCUT2D eigenvalue weighted by atomic mass is 15.3. The van der Waals surface area contributed by atoms with Crippen molar-refractivity contribution >= 4 is 5.82 Å². The third-order valence-corrected chi connectivity index (χ3v) is 3.89.